The molecular formula is C25H35N3O6S. The third kappa shape index (κ3) is 7.35. The van der Waals surface area contributed by atoms with Gasteiger partial charge in [0.25, 0.3) is 0 Å². The number of hydrogen-bond donors (Lipinski definition) is 1. The van der Waals surface area contributed by atoms with Crippen molar-refractivity contribution in [1.29, 1.82) is 0 Å². The van der Waals surface area contributed by atoms with Gasteiger partial charge in [0, 0.05) is 19.2 Å². The summed E-state index contributed by atoms with van der Waals surface area (Å²) < 4.78 is 37.0. The molecular weight excluding hydrogens is 470 g/mol. The Hall–Kier alpha value is -3.27. The second-order valence-electron chi connectivity index (χ2n) is 8.14. The number of nitrogens with one attached hydrogen (secondary N) is 1. The molecule has 1 atom stereocenters. The van der Waals surface area contributed by atoms with Gasteiger partial charge in [-0.25, -0.2) is 8.42 Å². The number of carbonyl (C=O) groups excluding carboxylic acids is 2. The molecule has 0 aliphatic heterocycles. The number of nitrogens with zero attached hydrogens (tertiary/aromatic N) is 2. The third-order valence-corrected chi connectivity index (χ3v) is 6.65. The van der Waals surface area contributed by atoms with Gasteiger partial charge in [0.1, 0.15) is 12.6 Å². The number of benzene rings is 2. The lowest BCUT2D eigenvalue weighted by molar-refractivity contribution is -0.140. The van der Waals surface area contributed by atoms with Gasteiger partial charge in [-0.1, -0.05) is 36.8 Å². The highest BCUT2D eigenvalue weighted by Gasteiger charge is 2.31. The monoisotopic (exact) mass is 505 g/mol. The van der Waals surface area contributed by atoms with Crippen LogP contribution in [0.25, 0.3) is 0 Å². The Morgan fingerprint density at radius 1 is 1.03 bits per heavy atom. The lowest BCUT2D eigenvalue weighted by Crippen LogP contribution is -2.52. The van der Waals surface area contributed by atoms with Crippen molar-refractivity contribution in [2.45, 2.75) is 39.8 Å². The Balaban J connectivity index is 2.48. The molecule has 2 aromatic carbocycles. The van der Waals surface area contributed by atoms with E-state index in [1.807, 2.05) is 38.1 Å². The minimum atomic E-state index is -3.84. The smallest absolute Gasteiger partial charge is 0.244 e. The van der Waals surface area contributed by atoms with E-state index >= 15 is 0 Å². The molecule has 0 saturated carbocycles. The zero-order chi connectivity index (χ0) is 26.2. The van der Waals surface area contributed by atoms with Crippen LogP contribution < -0.4 is 19.1 Å². The van der Waals surface area contributed by atoms with E-state index in [1.54, 1.807) is 19.1 Å². The van der Waals surface area contributed by atoms with Crippen molar-refractivity contribution in [1.82, 2.24) is 10.2 Å². The number of rotatable bonds is 12. The van der Waals surface area contributed by atoms with E-state index in [4.69, 9.17) is 9.47 Å². The van der Waals surface area contributed by atoms with E-state index in [2.05, 4.69) is 5.32 Å². The Labute approximate surface area is 208 Å². The first-order chi connectivity index (χ1) is 16.5. The predicted molar refractivity (Wildman–Crippen MR) is 136 cm³/mol. The number of amides is 2. The van der Waals surface area contributed by atoms with Gasteiger partial charge in [-0.05, 0) is 38.0 Å². The van der Waals surface area contributed by atoms with Gasteiger partial charge in [0.15, 0.2) is 11.5 Å². The lowest BCUT2D eigenvalue weighted by Gasteiger charge is -2.33. The molecule has 0 saturated heterocycles. The summed E-state index contributed by atoms with van der Waals surface area (Å²) in [6.45, 7) is 5.68. The third-order valence-electron chi connectivity index (χ3n) is 5.51. The molecule has 2 amide bonds. The van der Waals surface area contributed by atoms with Crippen molar-refractivity contribution >= 4 is 27.5 Å². The predicted octanol–water partition coefficient (Wildman–Crippen LogP) is 2.72. The molecule has 9 nitrogen and oxygen atoms in total. The molecule has 0 bridgehead atoms. The minimum absolute atomic E-state index is 0.166. The number of aryl methyl sites for hydroxylation is 1. The zero-order valence-electron chi connectivity index (χ0n) is 21.2. The molecule has 0 aromatic heterocycles. The molecule has 1 N–H and O–H groups in total. The number of hydrogen-bond acceptors (Lipinski definition) is 6. The van der Waals surface area contributed by atoms with Gasteiger partial charge in [0.2, 0.25) is 21.8 Å². The minimum Gasteiger partial charge on any atom is -0.493 e. The van der Waals surface area contributed by atoms with E-state index in [0.29, 0.717) is 24.5 Å². The standard InChI is InChI=1S/C25H35N3O6S/c1-7-21(25(30)26-8-2)27(16-19-11-9-10-18(3)14-19)24(29)17-28(35(6,31)32)20-12-13-22(33-4)23(15-20)34-5/h9-15,21H,7-8,16-17H2,1-6H3,(H,26,30)/t21-/m1/s1. The van der Waals surface area contributed by atoms with Gasteiger partial charge in [-0.2, -0.15) is 0 Å². The molecule has 0 fully saturated rings. The molecule has 0 spiro atoms. The van der Waals surface area contributed by atoms with E-state index in [-0.39, 0.29) is 18.1 Å². The fourth-order valence-electron chi connectivity index (χ4n) is 3.81. The summed E-state index contributed by atoms with van der Waals surface area (Å²) in [5.74, 6) is -0.0197. The first kappa shape index (κ1) is 28.0. The molecule has 0 aliphatic carbocycles. The second kappa shape index (κ2) is 12.4. The number of ether oxygens (including phenoxy) is 2. The molecule has 0 heterocycles. The summed E-state index contributed by atoms with van der Waals surface area (Å²) in [6.07, 6.45) is 1.40. The Bertz CT molecular complexity index is 1140. The molecule has 2 rings (SSSR count). The maximum absolute atomic E-state index is 13.6. The van der Waals surface area contributed by atoms with Gasteiger partial charge < -0.3 is 19.7 Å². The van der Waals surface area contributed by atoms with E-state index < -0.39 is 28.5 Å². The molecule has 0 radical (unpaired) electrons. The Morgan fingerprint density at radius 3 is 2.26 bits per heavy atom. The fraction of sp³-hybridized carbons (Fsp3) is 0.440. The van der Waals surface area contributed by atoms with Crippen molar-refractivity contribution in [3.05, 3.63) is 53.6 Å². The van der Waals surface area contributed by atoms with Crippen LogP contribution in [0.4, 0.5) is 5.69 Å². The molecule has 2 aromatic rings. The van der Waals surface area contributed by atoms with Gasteiger partial charge >= 0.3 is 0 Å². The van der Waals surface area contributed by atoms with Crippen LogP contribution in [0, 0.1) is 6.92 Å². The number of methoxy groups -OCH3 is 2. The average Bonchev–Trinajstić information content (AvgIpc) is 2.81. The maximum atomic E-state index is 13.6. The quantitative estimate of drug-likeness (QED) is 0.476. The highest BCUT2D eigenvalue weighted by molar-refractivity contribution is 7.92. The van der Waals surface area contributed by atoms with E-state index in [9.17, 15) is 18.0 Å². The summed E-state index contributed by atoms with van der Waals surface area (Å²) in [7, 11) is -0.924. The summed E-state index contributed by atoms with van der Waals surface area (Å²) >= 11 is 0. The van der Waals surface area contributed by atoms with Crippen LogP contribution in [0.15, 0.2) is 42.5 Å². The highest BCUT2D eigenvalue weighted by Crippen LogP contribution is 2.32. The summed E-state index contributed by atoms with van der Waals surface area (Å²) in [6, 6.07) is 11.5. The highest BCUT2D eigenvalue weighted by atomic mass is 32.2. The van der Waals surface area contributed by atoms with Crippen LogP contribution in [0.1, 0.15) is 31.4 Å². The normalized spacial score (nSPS) is 11.9. The van der Waals surface area contributed by atoms with Crippen molar-refractivity contribution in [2.24, 2.45) is 0 Å². The molecule has 0 unspecified atom stereocenters. The van der Waals surface area contributed by atoms with Crippen molar-refractivity contribution in [2.75, 3.05) is 37.9 Å². The number of sulfonamides is 1. The second-order valence-corrected chi connectivity index (χ2v) is 10.0. The first-order valence-electron chi connectivity index (χ1n) is 11.4. The van der Waals surface area contributed by atoms with Crippen molar-refractivity contribution < 1.29 is 27.5 Å². The number of likely N-dealkylation sites (N-methyl/N-ethyl adjacent to an activating group) is 1. The van der Waals surface area contributed by atoms with E-state index in [0.717, 1.165) is 21.7 Å². The largest absolute Gasteiger partial charge is 0.493 e. The van der Waals surface area contributed by atoms with Crippen LogP contribution in [-0.4, -0.2) is 64.7 Å². The van der Waals surface area contributed by atoms with Crippen LogP contribution >= 0.6 is 0 Å². The number of carbonyl (C=O) groups is 2. The summed E-state index contributed by atoms with van der Waals surface area (Å²) in [5, 5.41) is 2.78. The average molecular weight is 506 g/mol. The number of anilines is 1. The maximum Gasteiger partial charge on any atom is 0.244 e. The van der Waals surface area contributed by atoms with Crippen LogP contribution in [0.2, 0.25) is 0 Å². The lowest BCUT2D eigenvalue weighted by atomic mass is 10.1. The molecule has 10 heteroatoms. The molecule has 192 valence electrons. The van der Waals surface area contributed by atoms with Gasteiger partial charge in [0.05, 0.1) is 26.2 Å². The van der Waals surface area contributed by atoms with E-state index in [1.165, 1.54) is 25.2 Å². The van der Waals surface area contributed by atoms with Crippen LogP contribution in [-0.2, 0) is 26.2 Å². The van der Waals surface area contributed by atoms with Crippen LogP contribution in [0.3, 0.4) is 0 Å². The van der Waals surface area contributed by atoms with Gasteiger partial charge in [-0.3, -0.25) is 13.9 Å². The van der Waals surface area contributed by atoms with Gasteiger partial charge in [-0.15, -0.1) is 0 Å². The summed E-state index contributed by atoms with van der Waals surface area (Å²) in [4.78, 5) is 27.9. The Morgan fingerprint density at radius 2 is 1.71 bits per heavy atom. The fourth-order valence-corrected chi connectivity index (χ4v) is 4.65. The first-order valence-corrected chi connectivity index (χ1v) is 13.2. The van der Waals surface area contributed by atoms with Crippen molar-refractivity contribution in [3.63, 3.8) is 0 Å². The zero-order valence-corrected chi connectivity index (χ0v) is 22.0. The molecule has 0 aliphatic rings. The SMILES string of the molecule is CCNC(=O)[C@@H](CC)N(Cc1cccc(C)c1)C(=O)CN(c1ccc(OC)c(OC)c1)S(C)(=O)=O. The topological polar surface area (TPSA) is 105 Å². The Kier molecular flexibility index (Phi) is 9.94. The van der Waals surface area contributed by atoms with Crippen molar-refractivity contribution in [3.8, 4) is 11.5 Å². The van der Waals surface area contributed by atoms with Crippen LogP contribution in [0.5, 0.6) is 11.5 Å². The summed E-state index contributed by atoms with van der Waals surface area (Å²) in [5.41, 5.74) is 2.11. The molecule has 35 heavy (non-hydrogen) atoms.